The van der Waals surface area contributed by atoms with Gasteiger partial charge in [-0.25, -0.2) is 9.50 Å². The molecule has 1 unspecified atom stereocenters. The smallest absolute Gasteiger partial charge is 0.306 e. The molecular weight excluding hydrogens is 332 g/mol. The Kier molecular flexibility index (Phi) is 4.71. The number of aliphatic carboxylic acids is 1. The second kappa shape index (κ2) is 6.95. The van der Waals surface area contributed by atoms with E-state index in [9.17, 15) is 9.59 Å². The van der Waals surface area contributed by atoms with Crippen molar-refractivity contribution in [1.82, 2.24) is 14.6 Å². The Balaban J connectivity index is 1.75. The summed E-state index contributed by atoms with van der Waals surface area (Å²) in [6, 6.07) is 9.02. The maximum Gasteiger partial charge on any atom is 0.306 e. The number of hydrogen-bond donors (Lipinski definition) is 2. The molecule has 0 aliphatic carbocycles. The van der Waals surface area contributed by atoms with Crippen molar-refractivity contribution in [1.29, 1.82) is 0 Å². The van der Waals surface area contributed by atoms with Gasteiger partial charge >= 0.3 is 5.97 Å². The maximum absolute atomic E-state index is 12.6. The van der Waals surface area contributed by atoms with Gasteiger partial charge in [-0.15, -0.1) is 0 Å². The molecule has 7 nitrogen and oxygen atoms in total. The van der Waals surface area contributed by atoms with Gasteiger partial charge in [0.25, 0.3) is 5.91 Å². The average Bonchev–Trinajstić information content (AvgIpc) is 2.98. The highest BCUT2D eigenvalue weighted by atomic mass is 16.4. The Labute approximate surface area is 150 Å². The fraction of sp³-hybridized carbons (Fsp3) is 0.263. The van der Waals surface area contributed by atoms with Gasteiger partial charge < -0.3 is 10.4 Å². The Morgan fingerprint density at radius 2 is 1.92 bits per heavy atom. The first-order chi connectivity index (χ1) is 12.3. The van der Waals surface area contributed by atoms with Gasteiger partial charge in [0.05, 0.1) is 22.9 Å². The molecule has 0 spiro atoms. The molecule has 2 heterocycles. The lowest BCUT2D eigenvalue weighted by atomic mass is 10.0. The van der Waals surface area contributed by atoms with Crippen LogP contribution >= 0.6 is 0 Å². The molecule has 0 saturated heterocycles. The van der Waals surface area contributed by atoms with Crippen LogP contribution in [0.25, 0.3) is 5.65 Å². The SMILES string of the molecule is Cc1cc2ncc(C(=O)Nc3ccc(CC(C)C(=O)O)cc3)c(C)n2n1. The Hall–Kier alpha value is -3.22. The topological polar surface area (TPSA) is 96.6 Å². The molecule has 0 aliphatic rings. The number of anilines is 1. The zero-order valence-electron chi connectivity index (χ0n) is 14.9. The molecule has 2 aromatic heterocycles. The van der Waals surface area contributed by atoms with Crippen LogP contribution in [0.15, 0.2) is 36.5 Å². The summed E-state index contributed by atoms with van der Waals surface area (Å²) in [6.45, 7) is 5.37. The number of fused-ring (bicyclic) bond motifs is 1. The van der Waals surface area contributed by atoms with Crippen LogP contribution < -0.4 is 5.32 Å². The number of carbonyl (C=O) groups is 2. The van der Waals surface area contributed by atoms with Crippen molar-refractivity contribution in [2.24, 2.45) is 5.92 Å². The van der Waals surface area contributed by atoms with Crippen molar-refractivity contribution in [2.45, 2.75) is 27.2 Å². The van der Waals surface area contributed by atoms with E-state index in [1.165, 1.54) is 0 Å². The first-order valence-corrected chi connectivity index (χ1v) is 8.30. The molecule has 26 heavy (non-hydrogen) atoms. The number of carboxylic acid groups (broad SMARTS) is 1. The summed E-state index contributed by atoms with van der Waals surface area (Å²) in [5.74, 6) is -1.54. The van der Waals surface area contributed by atoms with Crippen molar-refractivity contribution in [2.75, 3.05) is 5.32 Å². The molecule has 3 aromatic rings. The van der Waals surface area contributed by atoms with E-state index < -0.39 is 11.9 Å². The fourth-order valence-corrected chi connectivity index (χ4v) is 2.75. The minimum atomic E-state index is -0.824. The maximum atomic E-state index is 12.6. The van der Waals surface area contributed by atoms with Gasteiger partial charge in [-0.05, 0) is 38.0 Å². The minimum Gasteiger partial charge on any atom is -0.481 e. The molecule has 1 amide bonds. The van der Waals surface area contributed by atoms with Crippen LogP contribution in [0, 0.1) is 19.8 Å². The first-order valence-electron chi connectivity index (χ1n) is 8.30. The highest BCUT2D eigenvalue weighted by Crippen LogP contribution is 2.16. The van der Waals surface area contributed by atoms with E-state index in [1.54, 1.807) is 29.8 Å². The Bertz CT molecular complexity index is 976. The lowest BCUT2D eigenvalue weighted by Crippen LogP contribution is -2.16. The quantitative estimate of drug-likeness (QED) is 0.736. The van der Waals surface area contributed by atoms with E-state index in [2.05, 4.69) is 15.4 Å². The largest absolute Gasteiger partial charge is 0.481 e. The molecule has 0 aliphatic heterocycles. The van der Waals surface area contributed by atoms with E-state index in [0.717, 1.165) is 11.3 Å². The Morgan fingerprint density at radius 3 is 2.58 bits per heavy atom. The second-order valence-electron chi connectivity index (χ2n) is 6.41. The number of aromatic nitrogens is 3. The van der Waals surface area contributed by atoms with Gasteiger partial charge in [0.15, 0.2) is 5.65 Å². The van der Waals surface area contributed by atoms with Crippen molar-refractivity contribution in [3.05, 3.63) is 59.0 Å². The van der Waals surface area contributed by atoms with Crippen LogP contribution in [-0.4, -0.2) is 31.6 Å². The van der Waals surface area contributed by atoms with Crippen LogP contribution in [-0.2, 0) is 11.2 Å². The van der Waals surface area contributed by atoms with E-state index in [0.29, 0.717) is 29.0 Å². The fourth-order valence-electron chi connectivity index (χ4n) is 2.75. The number of carboxylic acids is 1. The summed E-state index contributed by atoms with van der Waals surface area (Å²) in [4.78, 5) is 27.8. The van der Waals surface area contributed by atoms with Crippen LogP contribution in [0.4, 0.5) is 5.69 Å². The minimum absolute atomic E-state index is 0.267. The average molecular weight is 352 g/mol. The highest BCUT2D eigenvalue weighted by Gasteiger charge is 2.15. The predicted octanol–water partition coefficient (Wildman–Crippen LogP) is 2.86. The summed E-state index contributed by atoms with van der Waals surface area (Å²) in [5.41, 5.74) is 4.25. The summed E-state index contributed by atoms with van der Waals surface area (Å²) < 4.78 is 1.65. The summed E-state index contributed by atoms with van der Waals surface area (Å²) in [5, 5.41) is 16.2. The number of hydrogen-bond acceptors (Lipinski definition) is 4. The van der Waals surface area contributed by atoms with Crippen molar-refractivity contribution in [3.8, 4) is 0 Å². The third-order valence-corrected chi connectivity index (χ3v) is 4.27. The van der Waals surface area contributed by atoms with Gasteiger partial charge in [0, 0.05) is 18.0 Å². The molecule has 3 rings (SSSR count). The molecular formula is C19H20N4O3. The third kappa shape index (κ3) is 3.56. The molecule has 0 saturated carbocycles. The van der Waals surface area contributed by atoms with Crippen molar-refractivity contribution < 1.29 is 14.7 Å². The molecule has 134 valence electrons. The number of benzene rings is 1. The van der Waals surface area contributed by atoms with Gasteiger partial charge in [0.1, 0.15) is 0 Å². The van der Waals surface area contributed by atoms with Gasteiger partial charge in [-0.3, -0.25) is 9.59 Å². The number of aryl methyl sites for hydroxylation is 2. The zero-order valence-corrected chi connectivity index (χ0v) is 14.9. The normalized spacial score (nSPS) is 12.1. The van der Waals surface area contributed by atoms with Crippen LogP contribution in [0.1, 0.15) is 34.2 Å². The summed E-state index contributed by atoms with van der Waals surface area (Å²) in [7, 11) is 0. The number of amides is 1. The van der Waals surface area contributed by atoms with Crippen LogP contribution in [0.3, 0.4) is 0 Å². The molecule has 0 fully saturated rings. The van der Waals surface area contributed by atoms with E-state index in [1.807, 2.05) is 32.0 Å². The lowest BCUT2D eigenvalue weighted by Gasteiger charge is -2.10. The first kappa shape index (κ1) is 17.6. The second-order valence-corrected chi connectivity index (χ2v) is 6.41. The summed E-state index contributed by atoms with van der Waals surface area (Å²) in [6.07, 6.45) is 1.99. The highest BCUT2D eigenvalue weighted by molar-refractivity contribution is 6.04. The van der Waals surface area contributed by atoms with Gasteiger partial charge in [-0.2, -0.15) is 5.10 Å². The molecule has 7 heteroatoms. The zero-order chi connectivity index (χ0) is 18.8. The molecule has 0 radical (unpaired) electrons. The van der Waals surface area contributed by atoms with Crippen molar-refractivity contribution >= 4 is 23.2 Å². The predicted molar refractivity (Wildman–Crippen MR) is 97.4 cm³/mol. The van der Waals surface area contributed by atoms with E-state index in [-0.39, 0.29) is 5.91 Å². The van der Waals surface area contributed by atoms with Crippen LogP contribution in [0.2, 0.25) is 0 Å². The van der Waals surface area contributed by atoms with E-state index >= 15 is 0 Å². The number of nitrogens with zero attached hydrogens (tertiary/aromatic N) is 3. The van der Waals surface area contributed by atoms with Gasteiger partial charge in [-0.1, -0.05) is 19.1 Å². The molecule has 1 atom stereocenters. The van der Waals surface area contributed by atoms with E-state index in [4.69, 9.17) is 5.11 Å². The number of nitrogens with one attached hydrogen (secondary N) is 1. The van der Waals surface area contributed by atoms with Crippen LogP contribution in [0.5, 0.6) is 0 Å². The molecule has 2 N–H and O–H groups in total. The molecule has 0 bridgehead atoms. The Morgan fingerprint density at radius 1 is 1.23 bits per heavy atom. The lowest BCUT2D eigenvalue weighted by molar-refractivity contribution is -0.141. The summed E-state index contributed by atoms with van der Waals surface area (Å²) >= 11 is 0. The van der Waals surface area contributed by atoms with Crippen molar-refractivity contribution in [3.63, 3.8) is 0 Å². The third-order valence-electron chi connectivity index (χ3n) is 4.27. The van der Waals surface area contributed by atoms with Gasteiger partial charge in [0.2, 0.25) is 0 Å². The standard InChI is InChI=1S/C19H20N4O3/c1-11(19(25)26)8-14-4-6-15(7-5-14)21-18(24)16-10-20-17-9-12(2)22-23(17)13(16)3/h4-7,9-11H,8H2,1-3H3,(H,21,24)(H,25,26). The molecule has 1 aromatic carbocycles. The number of carbonyl (C=O) groups excluding carboxylic acids is 1. The monoisotopic (exact) mass is 352 g/mol. The number of rotatable bonds is 5.